The number of halogens is 1. The number of primary amides is 1. The second-order valence-corrected chi connectivity index (χ2v) is 7.09. The van der Waals surface area contributed by atoms with E-state index >= 15 is 0 Å². The number of guanidine groups is 1. The fraction of sp³-hybridized carbons (Fsp3) is 0.381. The van der Waals surface area contributed by atoms with Crippen LogP contribution in [0.5, 0.6) is 11.6 Å². The number of nitrogens with zero attached hydrogens (tertiary/aromatic N) is 3. The molecule has 1 aliphatic heterocycles. The Balaban J connectivity index is 1.53. The molecule has 0 spiro atoms. The summed E-state index contributed by atoms with van der Waals surface area (Å²) in [5, 5.41) is 3.34. The van der Waals surface area contributed by atoms with Gasteiger partial charge in [0.1, 0.15) is 11.6 Å². The maximum absolute atomic E-state index is 13.0. The molecule has 0 radical (unpaired) electrons. The second kappa shape index (κ2) is 9.86. The molecule has 1 aromatic carbocycles. The summed E-state index contributed by atoms with van der Waals surface area (Å²) in [4.78, 5) is 22.0. The van der Waals surface area contributed by atoms with Crippen LogP contribution in [-0.4, -0.2) is 41.9 Å². The summed E-state index contributed by atoms with van der Waals surface area (Å²) < 4.78 is 18.6. The number of hydrogen-bond acceptors (Lipinski definition) is 4. The number of rotatable bonds is 6. The molecular weight excluding hydrogens is 373 g/mol. The Morgan fingerprint density at radius 3 is 2.79 bits per heavy atom. The van der Waals surface area contributed by atoms with Crippen LogP contribution < -0.4 is 15.8 Å². The molecule has 2 heterocycles. The Hall–Kier alpha value is -3.16. The number of carbonyl (C=O) groups is 1. The van der Waals surface area contributed by atoms with E-state index in [4.69, 9.17) is 10.5 Å². The Kier molecular flexibility index (Phi) is 6.99. The van der Waals surface area contributed by atoms with E-state index in [9.17, 15) is 9.18 Å². The van der Waals surface area contributed by atoms with Gasteiger partial charge in [-0.1, -0.05) is 6.07 Å². The maximum atomic E-state index is 13.0. The average Bonchev–Trinajstić information content (AvgIpc) is 2.71. The van der Waals surface area contributed by atoms with E-state index in [1.807, 2.05) is 6.07 Å². The van der Waals surface area contributed by atoms with Gasteiger partial charge < -0.3 is 20.7 Å². The van der Waals surface area contributed by atoms with Crippen LogP contribution in [0.1, 0.15) is 24.8 Å². The molecule has 7 nitrogen and oxygen atoms in total. The largest absolute Gasteiger partial charge is 0.439 e. The van der Waals surface area contributed by atoms with Crippen molar-refractivity contribution in [2.24, 2.45) is 16.6 Å². The fourth-order valence-corrected chi connectivity index (χ4v) is 3.42. The summed E-state index contributed by atoms with van der Waals surface area (Å²) in [6.45, 7) is 2.23. The lowest BCUT2D eigenvalue weighted by Crippen LogP contribution is -2.46. The van der Waals surface area contributed by atoms with Crippen LogP contribution in [0.4, 0.5) is 4.39 Å². The maximum Gasteiger partial charge on any atom is 0.219 e. The SMILES string of the molecule is CN=C(NCc1ccc(Oc2ccc(F)cc2)nc1)N1CCCC(CC(N)=O)C1. The third-order valence-corrected chi connectivity index (χ3v) is 4.80. The van der Waals surface area contributed by atoms with Crippen molar-refractivity contribution in [2.45, 2.75) is 25.8 Å². The molecule has 1 aromatic heterocycles. The Labute approximate surface area is 169 Å². The molecule has 29 heavy (non-hydrogen) atoms. The fourth-order valence-electron chi connectivity index (χ4n) is 3.42. The lowest BCUT2D eigenvalue weighted by atomic mass is 9.95. The topological polar surface area (TPSA) is 92.8 Å². The highest BCUT2D eigenvalue weighted by molar-refractivity contribution is 5.80. The first-order valence-electron chi connectivity index (χ1n) is 9.65. The van der Waals surface area contributed by atoms with Gasteiger partial charge in [0, 0.05) is 45.4 Å². The van der Waals surface area contributed by atoms with E-state index in [0.717, 1.165) is 37.5 Å². The first kappa shape index (κ1) is 20.6. The number of ether oxygens (including phenoxy) is 1. The van der Waals surface area contributed by atoms with Crippen molar-refractivity contribution < 1.29 is 13.9 Å². The van der Waals surface area contributed by atoms with E-state index in [-0.39, 0.29) is 17.6 Å². The van der Waals surface area contributed by atoms with Gasteiger partial charge in [-0.15, -0.1) is 0 Å². The van der Waals surface area contributed by atoms with Gasteiger partial charge in [0.25, 0.3) is 0 Å². The molecule has 0 saturated carbocycles. The quantitative estimate of drug-likeness (QED) is 0.575. The van der Waals surface area contributed by atoms with Crippen LogP contribution in [-0.2, 0) is 11.3 Å². The van der Waals surface area contributed by atoms with Gasteiger partial charge in [-0.05, 0) is 48.6 Å². The molecule has 0 aliphatic carbocycles. The minimum atomic E-state index is -0.310. The molecule has 3 N–H and O–H groups in total. The number of benzene rings is 1. The zero-order valence-corrected chi connectivity index (χ0v) is 16.5. The molecule has 3 rings (SSSR count). The van der Waals surface area contributed by atoms with Crippen molar-refractivity contribution in [3.05, 3.63) is 54.0 Å². The smallest absolute Gasteiger partial charge is 0.219 e. The molecule has 1 saturated heterocycles. The molecule has 154 valence electrons. The Morgan fingerprint density at radius 2 is 2.14 bits per heavy atom. The standard InChI is InChI=1S/C21H26FN5O2/c1-24-21(27-10-2-3-15(14-27)11-19(23)28)26-13-16-4-9-20(25-12-16)29-18-7-5-17(22)6-8-18/h4-9,12,15H,2-3,10-11,13-14H2,1H3,(H2,23,28)(H,24,26). The molecule has 1 unspecified atom stereocenters. The monoisotopic (exact) mass is 399 g/mol. The number of nitrogens with two attached hydrogens (primary N) is 1. The van der Waals surface area contributed by atoms with Gasteiger partial charge in [-0.25, -0.2) is 9.37 Å². The third-order valence-electron chi connectivity index (χ3n) is 4.80. The summed E-state index contributed by atoms with van der Waals surface area (Å²) >= 11 is 0. The number of aliphatic imine (C=N–C) groups is 1. The van der Waals surface area contributed by atoms with Crippen LogP contribution in [0.3, 0.4) is 0 Å². The summed E-state index contributed by atoms with van der Waals surface area (Å²) in [5.74, 6) is 1.47. The first-order valence-corrected chi connectivity index (χ1v) is 9.65. The molecular formula is C21H26FN5O2. The third kappa shape index (κ3) is 6.17. The number of pyridine rings is 1. The predicted octanol–water partition coefficient (Wildman–Crippen LogP) is 2.68. The molecule has 1 aliphatic rings. The minimum absolute atomic E-state index is 0.256. The predicted molar refractivity (Wildman–Crippen MR) is 109 cm³/mol. The summed E-state index contributed by atoms with van der Waals surface area (Å²) in [7, 11) is 1.75. The normalized spacial score (nSPS) is 17.1. The van der Waals surface area contributed by atoms with Gasteiger partial charge in [0.2, 0.25) is 11.8 Å². The number of aromatic nitrogens is 1. The summed E-state index contributed by atoms with van der Waals surface area (Å²) in [6.07, 6.45) is 4.16. The van der Waals surface area contributed by atoms with Crippen LogP contribution in [0.2, 0.25) is 0 Å². The highest BCUT2D eigenvalue weighted by Crippen LogP contribution is 2.21. The summed E-state index contributed by atoms with van der Waals surface area (Å²) in [6, 6.07) is 9.48. The average molecular weight is 399 g/mol. The molecule has 0 bridgehead atoms. The van der Waals surface area contributed by atoms with E-state index in [1.165, 1.54) is 12.1 Å². The van der Waals surface area contributed by atoms with Crippen molar-refractivity contribution in [1.82, 2.24) is 15.2 Å². The van der Waals surface area contributed by atoms with Crippen molar-refractivity contribution in [3.8, 4) is 11.6 Å². The molecule has 8 heteroatoms. The van der Waals surface area contributed by atoms with E-state index < -0.39 is 0 Å². The number of nitrogens with one attached hydrogen (secondary N) is 1. The highest BCUT2D eigenvalue weighted by atomic mass is 19.1. The molecule has 2 aromatic rings. The Morgan fingerprint density at radius 1 is 1.34 bits per heavy atom. The second-order valence-electron chi connectivity index (χ2n) is 7.09. The van der Waals surface area contributed by atoms with Crippen molar-refractivity contribution in [2.75, 3.05) is 20.1 Å². The van der Waals surface area contributed by atoms with Gasteiger partial charge in [-0.3, -0.25) is 9.79 Å². The number of carbonyl (C=O) groups excluding carboxylic acids is 1. The highest BCUT2D eigenvalue weighted by Gasteiger charge is 2.23. The summed E-state index contributed by atoms with van der Waals surface area (Å²) in [5.41, 5.74) is 6.32. The van der Waals surface area contributed by atoms with Gasteiger partial charge in [0.15, 0.2) is 5.96 Å². The zero-order valence-electron chi connectivity index (χ0n) is 16.5. The van der Waals surface area contributed by atoms with Crippen molar-refractivity contribution >= 4 is 11.9 Å². The van der Waals surface area contributed by atoms with Crippen LogP contribution in [0.15, 0.2) is 47.6 Å². The molecule has 1 amide bonds. The van der Waals surface area contributed by atoms with Crippen molar-refractivity contribution in [1.29, 1.82) is 0 Å². The lowest BCUT2D eigenvalue weighted by molar-refractivity contribution is -0.119. The van der Waals surface area contributed by atoms with E-state index in [2.05, 4.69) is 20.2 Å². The first-order chi connectivity index (χ1) is 14.0. The van der Waals surface area contributed by atoms with E-state index in [0.29, 0.717) is 24.6 Å². The van der Waals surface area contributed by atoms with Crippen LogP contribution in [0, 0.1) is 11.7 Å². The lowest BCUT2D eigenvalue weighted by Gasteiger charge is -2.34. The van der Waals surface area contributed by atoms with Crippen LogP contribution >= 0.6 is 0 Å². The van der Waals surface area contributed by atoms with Gasteiger partial charge in [-0.2, -0.15) is 0 Å². The van der Waals surface area contributed by atoms with Gasteiger partial charge >= 0.3 is 0 Å². The number of hydrogen-bond donors (Lipinski definition) is 2. The number of piperidine rings is 1. The zero-order chi connectivity index (χ0) is 20.6. The van der Waals surface area contributed by atoms with Crippen LogP contribution in [0.25, 0.3) is 0 Å². The van der Waals surface area contributed by atoms with Crippen molar-refractivity contribution in [3.63, 3.8) is 0 Å². The molecule has 1 atom stereocenters. The number of likely N-dealkylation sites (tertiary alicyclic amines) is 1. The van der Waals surface area contributed by atoms with Gasteiger partial charge in [0.05, 0.1) is 0 Å². The van der Waals surface area contributed by atoms with E-state index in [1.54, 1.807) is 31.4 Å². The minimum Gasteiger partial charge on any atom is -0.439 e. The molecule has 1 fully saturated rings. The number of amides is 1. The Bertz CT molecular complexity index is 839.